The Morgan fingerprint density at radius 2 is 1.86 bits per heavy atom. The lowest BCUT2D eigenvalue weighted by Crippen LogP contribution is -2.54. The zero-order chi connectivity index (χ0) is 25.4. The van der Waals surface area contributed by atoms with E-state index in [-0.39, 0.29) is 24.3 Å². The van der Waals surface area contributed by atoms with Gasteiger partial charge in [0.25, 0.3) is 11.8 Å². The fourth-order valence-electron chi connectivity index (χ4n) is 5.51. The maximum Gasteiger partial charge on any atom is 0.264 e. The second kappa shape index (κ2) is 9.65. The average Bonchev–Trinajstić information content (AvgIpc) is 3.10. The number of amides is 4. The fourth-order valence-corrected chi connectivity index (χ4v) is 5.51. The number of carbonyl (C=O) groups is 4. The van der Waals surface area contributed by atoms with Gasteiger partial charge in [0.1, 0.15) is 6.04 Å². The van der Waals surface area contributed by atoms with E-state index in [1.54, 1.807) is 18.2 Å². The number of benzene rings is 1. The van der Waals surface area contributed by atoms with Crippen LogP contribution in [0.5, 0.6) is 0 Å². The molecule has 5 rings (SSSR count). The molecule has 8 nitrogen and oxygen atoms in total. The fraction of sp³-hybridized carbons (Fsp3) is 0.500. The summed E-state index contributed by atoms with van der Waals surface area (Å²) in [7, 11) is 0. The summed E-state index contributed by atoms with van der Waals surface area (Å²) in [4.78, 5) is 53.7. The number of allylic oxidation sites excluding steroid dienone is 1. The maximum absolute atomic E-state index is 13.2. The zero-order valence-corrected chi connectivity index (χ0v) is 21.0. The van der Waals surface area contributed by atoms with Gasteiger partial charge in [-0.1, -0.05) is 38.1 Å². The summed E-state index contributed by atoms with van der Waals surface area (Å²) in [6, 6.07) is 4.17. The number of fused-ring (bicyclic) bond motifs is 1. The molecule has 3 aliphatic heterocycles. The Morgan fingerprint density at radius 3 is 2.56 bits per heavy atom. The van der Waals surface area contributed by atoms with Gasteiger partial charge in [-0.3, -0.25) is 29.4 Å². The number of piperidine rings is 2. The van der Waals surface area contributed by atoms with E-state index in [0.29, 0.717) is 29.1 Å². The molecular weight excluding hydrogens is 456 g/mol. The van der Waals surface area contributed by atoms with Crippen molar-refractivity contribution in [3.8, 4) is 0 Å². The van der Waals surface area contributed by atoms with E-state index in [4.69, 9.17) is 0 Å². The molecule has 2 saturated heterocycles. The number of carbonyl (C=O) groups excluding carboxylic acids is 4. The highest BCUT2D eigenvalue weighted by Gasteiger charge is 2.45. The number of hydrogen-bond acceptors (Lipinski definition) is 6. The predicted molar refractivity (Wildman–Crippen MR) is 136 cm³/mol. The Morgan fingerprint density at radius 1 is 1.08 bits per heavy atom. The van der Waals surface area contributed by atoms with Crippen LogP contribution in [0.25, 0.3) is 0 Å². The molecule has 0 bridgehead atoms. The summed E-state index contributed by atoms with van der Waals surface area (Å²) in [5, 5.41) is 5.56. The minimum Gasteiger partial charge on any atom is -0.380 e. The van der Waals surface area contributed by atoms with Crippen molar-refractivity contribution in [1.82, 2.24) is 15.1 Å². The Bertz CT molecular complexity index is 1160. The van der Waals surface area contributed by atoms with E-state index >= 15 is 0 Å². The third-order valence-electron chi connectivity index (χ3n) is 7.92. The molecule has 1 aromatic carbocycles. The molecule has 0 spiro atoms. The molecule has 2 atom stereocenters. The molecule has 3 heterocycles. The molecule has 1 aliphatic carbocycles. The van der Waals surface area contributed by atoms with Gasteiger partial charge in [-0.15, -0.1) is 0 Å². The minimum absolute atomic E-state index is 0.103. The first-order valence-corrected chi connectivity index (χ1v) is 12.9. The summed E-state index contributed by atoms with van der Waals surface area (Å²) in [6.07, 6.45) is 10.4. The van der Waals surface area contributed by atoms with Crippen molar-refractivity contribution in [3.05, 3.63) is 53.1 Å². The SMILES string of the molecule is CC1(C)CCN(CC2C=CC(CNc3cccc4c3C(=O)N(C3CCC(=O)NC3=O)C4=O)=CC2)CC1. The Hall–Kier alpha value is -3.26. The average molecular weight is 491 g/mol. The van der Waals surface area contributed by atoms with E-state index in [1.165, 1.54) is 12.8 Å². The van der Waals surface area contributed by atoms with Gasteiger partial charge in [-0.05, 0) is 67.8 Å². The standard InChI is InChI=1S/C28H34N4O4/c1-28(2)12-14-31(15-13-28)17-19-8-6-18(7-9-19)16-29-21-5-3-4-20-24(21)27(36)32(26(20)35)22-10-11-23(33)30-25(22)34/h3-8,19,22,29H,9-17H2,1-2H3,(H,30,33,34). The second-order valence-corrected chi connectivity index (χ2v) is 11.1. The molecule has 0 radical (unpaired) electrons. The molecule has 2 unspecified atom stereocenters. The first-order chi connectivity index (χ1) is 17.2. The molecule has 0 aromatic heterocycles. The van der Waals surface area contributed by atoms with Crippen molar-refractivity contribution in [3.63, 3.8) is 0 Å². The van der Waals surface area contributed by atoms with Crippen LogP contribution < -0.4 is 10.6 Å². The quantitative estimate of drug-likeness (QED) is 0.595. The van der Waals surface area contributed by atoms with Crippen LogP contribution in [-0.4, -0.2) is 65.6 Å². The Balaban J connectivity index is 1.20. The highest BCUT2D eigenvalue weighted by atomic mass is 16.2. The second-order valence-electron chi connectivity index (χ2n) is 11.1. The van der Waals surface area contributed by atoms with Gasteiger partial charge in [-0.25, -0.2) is 0 Å². The number of rotatable bonds is 6. The van der Waals surface area contributed by atoms with Crippen LogP contribution in [0.2, 0.25) is 0 Å². The van der Waals surface area contributed by atoms with Crippen molar-refractivity contribution < 1.29 is 19.2 Å². The van der Waals surface area contributed by atoms with Crippen molar-refractivity contribution in [2.45, 2.75) is 52.0 Å². The topological polar surface area (TPSA) is 98.8 Å². The molecule has 2 N–H and O–H groups in total. The van der Waals surface area contributed by atoms with Crippen molar-refractivity contribution in [1.29, 1.82) is 0 Å². The first kappa shape index (κ1) is 24.4. The van der Waals surface area contributed by atoms with Crippen molar-refractivity contribution >= 4 is 29.3 Å². The van der Waals surface area contributed by atoms with Crippen LogP contribution in [0.3, 0.4) is 0 Å². The van der Waals surface area contributed by atoms with E-state index in [0.717, 1.165) is 36.5 Å². The largest absolute Gasteiger partial charge is 0.380 e. The molecule has 8 heteroatoms. The third kappa shape index (κ3) is 4.87. The van der Waals surface area contributed by atoms with Crippen molar-refractivity contribution in [2.24, 2.45) is 11.3 Å². The number of hydrogen-bond donors (Lipinski definition) is 2. The summed E-state index contributed by atoms with van der Waals surface area (Å²) in [6.45, 7) is 8.66. The number of nitrogens with zero attached hydrogens (tertiary/aromatic N) is 2. The molecule has 190 valence electrons. The molecule has 0 saturated carbocycles. The lowest BCUT2D eigenvalue weighted by atomic mass is 9.82. The van der Waals surface area contributed by atoms with Crippen LogP contribution in [-0.2, 0) is 9.59 Å². The molecule has 2 fully saturated rings. The Kier molecular flexibility index (Phi) is 6.55. The smallest absolute Gasteiger partial charge is 0.264 e. The summed E-state index contributed by atoms with van der Waals surface area (Å²) < 4.78 is 0. The van der Waals surface area contributed by atoms with Gasteiger partial charge in [0, 0.05) is 25.2 Å². The molecule has 4 aliphatic rings. The number of likely N-dealkylation sites (tertiary alicyclic amines) is 1. The normalized spacial score (nSPS) is 26.1. The van der Waals surface area contributed by atoms with Gasteiger partial charge in [0.2, 0.25) is 11.8 Å². The van der Waals surface area contributed by atoms with E-state index in [9.17, 15) is 19.2 Å². The number of nitrogens with one attached hydrogen (secondary N) is 2. The molecule has 1 aromatic rings. The highest BCUT2D eigenvalue weighted by Crippen LogP contribution is 2.33. The lowest BCUT2D eigenvalue weighted by molar-refractivity contribution is -0.136. The monoisotopic (exact) mass is 490 g/mol. The first-order valence-electron chi connectivity index (χ1n) is 12.9. The molecule has 4 amide bonds. The predicted octanol–water partition coefficient (Wildman–Crippen LogP) is 3.12. The van der Waals surface area contributed by atoms with Gasteiger partial charge in [0.15, 0.2) is 0 Å². The van der Waals surface area contributed by atoms with E-state index < -0.39 is 23.8 Å². The van der Waals surface area contributed by atoms with E-state index in [2.05, 4.69) is 47.6 Å². The van der Waals surface area contributed by atoms with Gasteiger partial charge >= 0.3 is 0 Å². The minimum atomic E-state index is -0.963. The summed E-state index contributed by atoms with van der Waals surface area (Å²) in [5.41, 5.74) is 2.75. The van der Waals surface area contributed by atoms with Crippen LogP contribution >= 0.6 is 0 Å². The lowest BCUT2D eigenvalue weighted by Gasteiger charge is -2.38. The zero-order valence-electron chi connectivity index (χ0n) is 21.0. The number of imide groups is 2. The molecule has 36 heavy (non-hydrogen) atoms. The van der Waals surface area contributed by atoms with E-state index in [1.807, 2.05) is 0 Å². The molecular formula is C28H34N4O4. The number of anilines is 1. The van der Waals surface area contributed by atoms with Crippen LogP contribution in [0.1, 0.15) is 66.7 Å². The van der Waals surface area contributed by atoms with Gasteiger partial charge < -0.3 is 10.2 Å². The van der Waals surface area contributed by atoms with Gasteiger partial charge in [0.05, 0.1) is 11.1 Å². The van der Waals surface area contributed by atoms with Crippen LogP contribution in [0.4, 0.5) is 5.69 Å². The van der Waals surface area contributed by atoms with Crippen LogP contribution in [0, 0.1) is 11.3 Å². The van der Waals surface area contributed by atoms with Crippen molar-refractivity contribution in [2.75, 3.05) is 31.5 Å². The van der Waals surface area contributed by atoms with Gasteiger partial charge in [-0.2, -0.15) is 0 Å². The third-order valence-corrected chi connectivity index (χ3v) is 7.92. The Labute approximate surface area is 211 Å². The van der Waals surface area contributed by atoms with Crippen LogP contribution in [0.15, 0.2) is 42.0 Å². The highest BCUT2D eigenvalue weighted by molar-refractivity contribution is 6.25. The maximum atomic E-state index is 13.2. The summed E-state index contributed by atoms with van der Waals surface area (Å²) in [5.74, 6) is -1.46. The summed E-state index contributed by atoms with van der Waals surface area (Å²) >= 11 is 0.